The molecule has 5 nitrogen and oxygen atoms in total. The van der Waals surface area contributed by atoms with Crippen molar-refractivity contribution in [1.29, 1.82) is 0 Å². The van der Waals surface area contributed by atoms with Crippen molar-refractivity contribution in [2.24, 2.45) is 0 Å². The highest BCUT2D eigenvalue weighted by Crippen LogP contribution is 2.54. The summed E-state index contributed by atoms with van der Waals surface area (Å²) in [6.07, 6.45) is 0. The van der Waals surface area contributed by atoms with Gasteiger partial charge in [-0.2, -0.15) is 8.42 Å². The molecule has 1 atom stereocenters. The van der Waals surface area contributed by atoms with Crippen LogP contribution in [0.2, 0.25) is 20.1 Å². The Labute approximate surface area is 186 Å². The van der Waals surface area contributed by atoms with Crippen molar-refractivity contribution in [2.75, 3.05) is 0 Å². The molecule has 0 aliphatic carbocycles. The van der Waals surface area contributed by atoms with Crippen LogP contribution in [-0.2, 0) is 14.9 Å². The highest BCUT2D eigenvalue weighted by atomic mass is 35.5. The summed E-state index contributed by atoms with van der Waals surface area (Å²) < 4.78 is 33.9. The third-order valence-electron chi connectivity index (χ3n) is 4.40. The molecule has 0 aliphatic rings. The van der Waals surface area contributed by atoms with Crippen LogP contribution in [0.3, 0.4) is 0 Å². The normalized spacial score (nSPS) is 13.8. The molecule has 0 saturated carbocycles. The first-order valence-electron chi connectivity index (χ1n) is 7.90. The van der Waals surface area contributed by atoms with E-state index in [1.807, 2.05) is 0 Å². The molecule has 0 aromatic heterocycles. The van der Waals surface area contributed by atoms with Gasteiger partial charge in [-0.25, -0.2) is 0 Å². The summed E-state index contributed by atoms with van der Waals surface area (Å²) in [6, 6.07) is 11.7. The van der Waals surface area contributed by atoms with Gasteiger partial charge in [0.2, 0.25) is 0 Å². The first kappa shape index (κ1) is 22.0. The van der Waals surface area contributed by atoms with E-state index < -0.39 is 31.9 Å². The zero-order chi connectivity index (χ0) is 21.6. The van der Waals surface area contributed by atoms with Crippen molar-refractivity contribution in [3.05, 3.63) is 91.4 Å². The Kier molecular flexibility index (Phi) is 5.98. The van der Waals surface area contributed by atoms with Crippen molar-refractivity contribution in [2.45, 2.75) is 4.75 Å². The Hall–Kier alpha value is -1.67. The maximum atomic E-state index is 13.0. The van der Waals surface area contributed by atoms with Gasteiger partial charge in [0.25, 0.3) is 10.1 Å². The highest BCUT2D eigenvalue weighted by molar-refractivity contribution is 7.87. The molecule has 29 heavy (non-hydrogen) atoms. The number of aromatic hydroxyl groups is 2. The Morgan fingerprint density at radius 1 is 0.759 bits per heavy atom. The minimum atomic E-state index is -5.20. The Morgan fingerprint density at radius 3 is 2.00 bits per heavy atom. The molecule has 10 heteroatoms. The average molecular weight is 494 g/mol. The maximum Gasteiger partial charge on any atom is 0.283 e. The van der Waals surface area contributed by atoms with Crippen LogP contribution in [0.4, 0.5) is 0 Å². The number of benzene rings is 3. The summed E-state index contributed by atoms with van der Waals surface area (Å²) in [4.78, 5) is 0. The van der Waals surface area contributed by atoms with Crippen LogP contribution in [-0.4, -0.2) is 23.2 Å². The SMILES string of the molecule is O=S(=O)(O)C(c1ccc(Cl)cc1O)(c1ccccc1Cl)c1c(O)ccc(Cl)c1Cl. The van der Waals surface area contributed by atoms with Crippen LogP contribution in [0.15, 0.2) is 54.6 Å². The van der Waals surface area contributed by atoms with E-state index in [0.29, 0.717) is 0 Å². The molecule has 152 valence electrons. The number of hydrogen-bond donors (Lipinski definition) is 3. The number of halogens is 4. The standard InChI is InChI=1S/C19H12Cl4O5S/c20-10-5-6-12(16(25)9-10)19(29(26,27)28,11-3-1-2-4-13(11)21)17-15(24)8-7-14(22)18(17)23/h1-9,24-25H,(H,26,27,28). The molecule has 3 aromatic rings. The Morgan fingerprint density at radius 2 is 1.41 bits per heavy atom. The van der Waals surface area contributed by atoms with E-state index in [2.05, 4.69) is 0 Å². The van der Waals surface area contributed by atoms with Gasteiger partial charge in [0, 0.05) is 26.7 Å². The minimum absolute atomic E-state index is 0.0742. The Bertz CT molecular complexity index is 1210. The maximum absolute atomic E-state index is 13.0. The predicted molar refractivity (Wildman–Crippen MR) is 114 cm³/mol. The van der Waals surface area contributed by atoms with Crippen molar-refractivity contribution in [1.82, 2.24) is 0 Å². The van der Waals surface area contributed by atoms with E-state index in [1.54, 1.807) is 6.07 Å². The summed E-state index contributed by atoms with van der Waals surface area (Å²) in [5.74, 6) is -1.17. The molecular weight excluding hydrogens is 482 g/mol. The fourth-order valence-corrected chi connectivity index (χ4v) is 5.63. The van der Waals surface area contributed by atoms with Crippen LogP contribution >= 0.6 is 46.4 Å². The van der Waals surface area contributed by atoms with Gasteiger partial charge in [-0.3, -0.25) is 4.55 Å². The average Bonchev–Trinajstić information content (AvgIpc) is 2.62. The zero-order valence-electron chi connectivity index (χ0n) is 14.3. The van der Waals surface area contributed by atoms with E-state index >= 15 is 0 Å². The lowest BCUT2D eigenvalue weighted by atomic mass is 9.82. The van der Waals surface area contributed by atoms with E-state index in [9.17, 15) is 23.2 Å². The summed E-state index contributed by atoms with van der Waals surface area (Å²) in [5.41, 5.74) is -0.974. The molecule has 0 spiro atoms. The second kappa shape index (κ2) is 7.87. The van der Waals surface area contributed by atoms with Gasteiger partial charge in [0.05, 0.1) is 10.0 Å². The Balaban J connectivity index is 2.68. The van der Waals surface area contributed by atoms with Crippen molar-refractivity contribution >= 4 is 56.5 Å². The van der Waals surface area contributed by atoms with E-state index in [1.165, 1.54) is 36.4 Å². The molecule has 3 N–H and O–H groups in total. The predicted octanol–water partition coefficient (Wildman–Crippen LogP) is 5.89. The van der Waals surface area contributed by atoms with E-state index in [4.69, 9.17) is 46.4 Å². The quantitative estimate of drug-likeness (QED) is 0.311. The third-order valence-corrected chi connectivity index (χ3v) is 7.19. The van der Waals surface area contributed by atoms with Gasteiger partial charge in [-0.15, -0.1) is 0 Å². The first-order chi connectivity index (χ1) is 13.5. The molecule has 1 unspecified atom stereocenters. The fourth-order valence-electron chi connectivity index (χ4n) is 3.25. The van der Waals surface area contributed by atoms with Gasteiger partial charge >= 0.3 is 0 Å². The molecule has 0 heterocycles. The molecule has 0 fully saturated rings. The molecular formula is C19H12Cl4O5S. The third kappa shape index (κ3) is 3.54. The molecule has 0 amide bonds. The van der Waals surface area contributed by atoms with Crippen LogP contribution in [0.1, 0.15) is 16.7 Å². The van der Waals surface area contributed by atoms with Crippen molar-refractivity contribution in [3.8, 4) is 11.5 Å². The summed E-state index contributed by atoms with van der Waals surface area (Å²) >= 11 is 24.6. The summed E-state index contributed by atoms with van der Waals surface area (Å²) in [5, 5.41) is 20.8. The van der Waals surface area contributed by atoms with Gasteiger partial charge in [0.1, 0.15) is 11.5 Å². The number of phenols is 2. The molecule has 3 rings (SSSR count). The van der Waals surface area contributed by atoms with Gasteiger partial charge in [-0.05, 0) is 30.3 Å². The topological polar surface area (TPSA) is 94.8 Å². The molecule has 0 aliphatic heterocycles. The second-order valence-electron chi connectivity index (χ2n) is 6.05. The molecule has 0 saturated heterocycles. The molecule has 0 bridgehead atoms. The van der Waals surface area contributed by atoms with E-state index in [0.717, 1.165) is 12.1 Å². The number of rotatable bonds is 4. The largest absolute Gasteiger partial charge is 0.508 e. The lowest BCUT2D eigenvalue weighted by Gasteiger charge is -2.34. The fraction of sp³-hybridized carbons (Fsp3) is 0.0526. The van der Waals surface area contributed by atoms with Crippen LogP contribution in [0.5, 0.6) is 11.5 Å². The van der Waals surface area contributed by atoms with Gasteiger partial charge in [-0.1, -0.05) is 70.7 Å². The number of hydrogen-bond acceptors (Lipinski definition) is 4. The van der Waals surface area contributed by atoms with Gasteiger partial charge in [0.15, 0.2) is 4.75 Å². The van der Waals surface area contributed by atoms with Crippen molar-refractivity contribution < 1.29 is 23.2 Å². The molecule has 0 radical (unpaired) electrons. The first-order valence-corrected chi connectivity index (χ1v) is 10.9. The van der Waals surface area contributed by atoms with Gasteiger partial charge < -0.3 is 10.2 Å². The zero-order valence-corrected chi connectivity index (χ0v) is 18.1. The highest BCUT2D eigenvalue weighted by Gasteiger charge is 2.54. The minimum Gasteiger partial charge on any atom is -0.508 e. The monoisotopic (exact) mass is 492 g/mol. The molecule has 3 aromatic carbocycles. The lowest BCUT2D eigenvalue weighted by Crippen LogP contribution is -2.39. The second-order valence-corrected chi connectivity index (χ2v) is 9.24. The lowest BCUT2D eigenvalue weighted by molar-refractivity contribution is 0.428. The van der Waals surface area contributed by atoms with Crippen LogP contribution < -0.4 is 0 Å². The smallest absolute Gasteiger partial charge is 0.283 e. The van der Waals surface area contributed by atoms with E-state index in [-0.39, 0.29) is 31.2 Å². The van der Waals surface area contributed by atoms with Crippen molar-refractivity contribution in [3.63, 3.8) is 0 Å². The summed E-state index contributed by atoms with van der Waals surface area (Å²) in [6.45, 7) is 0. The van der Waals surface area contributed by atoms with Crippen LogP contribution in [0.25, 0.3) is 0 Å². The number of phenolic OH excluding ortho intramolecular Hbond substituents is 2. The van der Waals surface area contributed by atoms with Crippen LogP contribution in [0, 0.1) is 0 Å². The summed E-state index contributed by atoms with van der Waals surface area (Å²) in [7, 11) is -5.20.